The molecular formula is C16H22N2O4S. The highest BCUT2D eigenvalue weighted by Gasteiger charge is 2.28. The molecule has 0 saturated carbocycles. The second-order valence-corrected chi connectivity index (χ2v) is 7.40. The van der Waals surface area contributed by atoms with Crippen molar-refractivity contribution in [2.24, 2.45) is 5.92 Å². The molecule has 1 aliphatic carbocycles. The lowest BCUT2D eigenvalue weighted by atomic mass is 9.88. The van der Waals surface area contributed by atoms with Crippen molar-refractivity contribution in [1.29, 1.82) is 0 Å². The number of nitrogens with one attached hydrogen (secondary N) is 1. The van der Waals surface area contributed by atoms with E-state index in [1.165, 1.54) is 11.3 Å². The minimum absolute atomic E-state index is 0.152. The molecule has 0 aromatic carbocycles. The number of hydrogen-bond donors (Lipinski definition) is 2. The van der Waals surface area contributed by atoms with E-state index in [0.29, 0.717) is 29.7 Å². The number of aromatic carboxylic acids is 1. The summed E-state index contributed by atoms with van der Waals surface area (Å²) in [7, 11) is 0. The Morgan fingerprint density at radius 2 is 2.13 bits per heavy atom. The van der Waals surface area contributed by atoms with Gasteiger partial charge in [0.2, 0.25) is 5.91 Å². The molecule has 1 aromatic heterocycles. The fourth-order valence-electron chi connectivity index (χ4n) is 3.19. The Bertz CT molecular complexity index is 607. The number of carbonyl (C=O) groups is 2. The molecule has 3 rings (SSSR count). The zero-order valence-electron chi connectivity index (χ0n) is 13.3. The van der Waals surface area contributed by atoms with E-state index >= 15 is 0 Å². The summed E-state index contributed by atoms with van der Waals surface area (Å²) in [5, 5.41) is 12.9. The molecule has 2 aliphatic rings. The fourth-order valence-corrected chi connectivity index (χ4v) is 4.61. The van der Waals surface area contributed by atoms with Crippen LogP contribution >= 0.6 is 11.3 Å². The Morgan fingerprint density at radius 3 is 2.83 bits per heavy atom. The summed E-state index contributed by atoms with van der Waals surface area (Å²) in [5.41, 5.74) is 1.22. The predicted molar refractivity (Wildman–Crippen MR) is 88.4 cm³/mol. The summed E-state index contributed by atoms with van der Waals surface area (Å²) in [6, 6.07) is 0. The number of carboxylic acid groups (broad SMARTS) is 1. The van der Waals surface area contributed by atoms with Crippen LogP contribution in [0.2, 0.25) is 0 Å². The van der Waals surface area contributed by atoms with Gasteiger partial charge >= 0.3 is 5.97 Å². The summed E-state index contributed by atoms with van der Waals surface area (Å²) < 4.78 is 5.27. The highest BCUT2D eigenvalue weighted by atomic mass is 32.1. The fraction of sp³-hybridized carbons (Fsp3) is 0.625. The van der Waals surface area contributed by atoms with Crippen LogP contribution in [-0.2, 0) is 22.4 Å². The first-order valence-corrected chi connectivity index (χ1v) is 8.84. The van der Waals surface area contributed by atoms with Crippen LogP contribution in [0.25, 0.3) is 0 Å². The average molecular weight is 338 g/mol. The lowest BCUT2D eigenvalue weighted by molar-refractivity contribution is -0.118. The SMILES string of the molecule is CC1CCc2c(sc(NC(=O)CN3CCOCC3)c2C(=O)O)C1. The molecule has 6 nitrogen and oxygen atoms in total. The second-order valence-electron chi connectivity index (χ2n) is 6.30. The second kappa shape index (κ2) is 6.98. The van der Waals surface area contributed by atoms with Crippen LogP contribution in [-0.4, -0.2) is 54.7 Å². The van der Waals surface area contributed by atoms with Gasteiger partial charge in [0.15, 0.2) is 0 Å². The number of morpholine rings is 1. The van der Waals surface area contributed by atoms with Crippen LogP contribution in [0.5, 0.6) is 0 Å². The molecule has 23 heavy (non-hydrogen) atoms. The number of hydrogen-bond acceptors (Lipinski definition) is 5. The van der Waals surface area contributed by atoms with Gasteiger partial charge in [-0.25, -0.2) is 4.79 Å². The molecule has 1 aromatic rings. The van der Waals surface area contributed by atoms with Gasteiger partial charge in [0.05, 0.1) is 25.3 Å². The van der Waals surface area contributed by atoms with Gasteiger partial charge in [-0.3, -0.25) is 9.69 Å². The third-order valence-corrected chi connectivity index (χ3v) is 5.62. The first kappa shape index (κ1) is 16.4. The van der Waals surface area contributed by atoms with Gasteiger partial charge in [-0.1, -0.05) is 6.92 Å². The number of fused-ring (bicyclic) bond motifs is 1. The van der Waals surface area contributed by atoms with Crippen LogP contribution in [0.4, 0.5) is 5.00 Å². The van der Waals surface area contributed by atoms with Gasteiger partial charge in [0.1, 0.15) is 5.00 Å². The number of amides is 1. The maximum absolute atomic E-state index is 12.3. The Balaban J connectivity index is 1.74. The minimum atomic E-state index is -0.946. The minimum Gasteiger partial charge on any atom is -0.478 e. The Hall–Kier alpha value is -1.44. The number of thiophene rings is 1. The molecule has 1 amide bonds. The molecule has 1 fully saturated rings. The van der Waals surface area contributed by atoms with Crippen LogP contribution < -0.4 is 5.32 Å². The van der Waals surface area contributed by atoms with Crippen molar-refractivity contribution in [3.63, 3.8) is 0 Å². The van der Waals surface area contributed by atoms with E-state index in [1.807, 2.05) is 4.90 Å². The lowest BCUT2D eigenvalue weighted by Gasteiger charge is -2.25. The van der Waals surface area contributed by atoms with E-state index in [-0.39, 0.29) is 12.5 Å². The molecule has 1 aliphatic heterocycles. The zero-order valence-corrected chi connectivity index (χ0v) is 14.1. The Kier molecular flexibility index (Phi) is 4.99. The molecule has 7 heteroatoms. The predicted octanol–water partition coefficient (Wildman–Crippen LogP) is 1.84. The standard InChI is InChI=1S/C16H22N2O4S/c1-10-2-3-11-12(8-10)23-15(14(11)16(20)21)17-13(19)9-18-4-6-22-7-5-18/h10H,2-9H2,1H3,(H,17,19)(H,20,21). The van der Waals surface area contributed by atoms with E-state index in [2.05, 4.69) is 12.2 Å². The molecular weight excluding hydrogens is 316 g/mol. The van der Waals surface area contributed by atoms with E-state index in [1.54, 1.807) is 0 Å². The van der Waals surface area contributed by atoms with Gasteiger partial charge in [-0.05, 0) is 30.7 Å². The molecule has 0 spiro atoms. The zero-order chi connectivity index (χ0) is 16.4. The van der Waals surface area contributed by atoms with Crippen molar-refractivity contribution >= 4 is 28.2 Å². The highest BCUT2D eigenvalue weighted by molar-refractivity contribution is 7.17. The average Bonchev–Trinajstić information content (AvgIpc) is 2.84. The molecule has 2 N–H and O–H groups in total. The van der Waals surface area contributed by atoms with E-state index in [0.717, 1.165) is 42.8 Å². The molecule has 126 valence electrons. The topological polar surface area (TPSA) is 78.9 Å². The summed E-state index contributed by atoms with van der Waals surface area (Å²) in [6.07, 6.45) is 2.69. The third kappa shape index (κ3) is 3.73. The van der Waals surface area contributed by atoms with Crippen molar-refractivity contribution < 1.29 is 19.4 Å². The van der Waals surface area contributed by atoms with Crippen molar-refractivity contribution in [2.45, 2.75) is 26.2 Å². The van der Waals surface area contributed by atoms with E-state index < -0.39 is 5.97 Å². The maximum atomic E-state index is 12.3. The van der Waals surface area contributed by atoms with Crippen molar-refractivity contribution in [1.82, 2.24) is 4.90 Å². The van der Waals surface area contributed by atoms with E-state index in [4.69, 9.17) is 4.74 Å². The van der Waals surface area contributed by atoms with Crippen LogP contribution in [0.1, 0.15) is 34.1 Å². The number of nitrogens with zero attached hydrogens (tertiary/aromatic N) is 1. The smallest absolute Gasteiger partial charge is 0.339 e. The van der Waals surface area contributed by atoms with Gasteiger partial charge in [0, 0.05) is 18.0 Å². The number of carbonyl (C=O) groups excluding carboxylic acids is 1. The largest absolute Gasteiger partial charge is 0.478 e. The number of carboxylic acids is 1. The molecule has 0 radical (unpaired) electrons. The summed E-state index contributed by atoms with van der Waals surface area (Å²) in [4.78, 5) is 27.0. The first-order chi connectivity index (χ1) is 11.0. The molecule has 1 unspecified atom stereocenters. The molecule has 1 saturated heterocycles. The quantitative estimate of drug-likeness (QED) is 0.876. The summed E-state index contributed by atoms with van der Waals surface area (Å²) >= 11 is 1.43. The van der Waals surface area contributed by atoms with Crippen molar-refractivity contribution in [3.8, 4) is 0 Å². The first-order valence-electron chi connectivity index (χ1n) is 8.02. The van der Waals surface area contributed by atoms with Crippen LogP contribution in [0.15, 0.2) is 0 Å². The Labute approximate surface area is 139 Å². The van der Waals surface area contributed by atoms with Crippen molar-refractivity contribution in [3.05, 3.63) is 16.0 Å². The highest BCUT2D eigenvalue weighted by Crippen LogP contribution is 2.39. The van der Waals surface area contributed by atoms with Crippen LogP contribution in [0.3, 0.4) is 0 Å². The molecule has 0 bridgehead atoms. The monoisotopic (exact) mass is 338 g/mol. The Morgan fingerprint density at radius 1 is 1.39 bits per heavy atom. The van der Waals surface area contributed by atoms with Gasteiger partial charge < -0.3 is 15.2 Å². The molecule has 2 heterocycles. The van der Waals surface area contributed by atoms with Crippen LogP contribution in [0, 0.1) is 5.92 Å². The normalized spacial score (nSPS) is 21.7. The maximum Gasteiger partial charge on any atom is 0.339 e. The number of anilines is 1. The van der Waals surface area contributed by atoms with Gasteiger partial charge in [-0.15, -0.1) is 11.3 Å². The van der Waals surface area contributed by atoms with Crippen molar-refractivity contribution in [2.75, 3.05) is 38.2 Å². The van der Waals surface area contributed by atoms with Gasteiger partial charge in [-0.2, -0.15) is 0 Å². The lowest BCUT2D eigenvalue weighted by Crippen LogP contribution is -2.41. The summed E-state index contributed by atoms with van der Waals surface area (Å²) in [5.74, 6) is -0.528. The third-order valence-electron chi connectivity index (χ3n) is 4.45. The number of rotatable bonds is 4. The summed E-state index contributed by atoms with van der Waals surface area (Å²) in [6.45, 7) is 5.20. The molecule has 1 atom stereocenters. The van der Waals surface area contributed by atoms with Gasteiger partial charge in [0.25, 0.3) is 0 Å². The van der Waals surface area contributed by atoms with E-state index in [9.17, 15) is 14.7 Å². The number of ether oxygens (including phenoxy) is 1.